The van der Waals surface area contributed by atoms with Gasteiger partial charge in [-0.25, -0.2) is 13.6 Å². The highest BCUT2D eigenvalue weighted by Crippen LogP contribution is 2.35. The van der Waals surface area contributed by atoms with Crippen molar-refractivity contribution in [3.63, 3.8) is 0 Å². The molecular formula is C12H10BrClN2O3S. The highest BCUT2D eigenvalue weighted by Gasteiger charge is 2.13. The highest BCUT2D eigenvalue weighted by atomic mass is 79.9. The minimum Gasteiger partial charge on any atom is -0.454 e. The van der Waals surface area contributed by atoms with E-state index in [1.54, 1.807) is 18.2 Å². The molecule has 5 nitrogen and oxygen atoms in total. The van der Waals surface area contributed by atoms with Crippen LogP contribution in [0, 0.1) is 0 Å². The third-order valence-electron chi connectivity index (χ3n) is 2.43. The molecule has 0 amide bonds. The molecule has 8 heteroatoms. The second-order valence-corrected chi connectivity index (χ2v) is 6.81. The lowest BCUT2D eigenvalue weighted by Gasteiger charge is -2.11. The number of rotatable bonds is 3. The lowest BCUT2D eigenvalue weighted by atomic mass is 10.3. The van der Waals surface area contributed by atoms with E-state index in [0.29, 0.717) is 10.8 Å². The van der Waals surface area contributed by atoms with Gasteiger partial charge in [-0.05, 0) is 30.3 Å². The summed E-state index contributed by atoms with van der Waals surface area (Å²) in [5.41, 5.74) is 6.02. The zero-order valence-electron chi connectivity index (χ0n) is 10.0. The fourth-order valence-electron chi connectivity index (χ4n) is 1.46. The van der Waals surface area contributed by atoms with Crippen LogP contribution in [0.25, 0.3) is 0 Å². The second-order valence-electron chi connectivity index (χ2n) is 3.92. The van der Waals surface area contributed by atoms with Crippen molar-refractivity contribution in [2.75, 3.05) is 5.73 Å². The number of ether oxygens (including phenoxy) is 1. The van der Waals surface area contributed by atoms with Gasteiger partial charge in [-0.3, -0.25) is 0 Å². The Morgan fingerprint density at radius 1 is 1.10 bits per heavy atom. The van der Waals surface area contributed by atoms with Gasteiger partial charge in [0.2, 0.25) is 10.0 Å². The highest BCUT2D eigenvalue weighted by molar-refractivity contribution is 9.10. The average Bonchev–Trinajstić information content (AvgIpc) is 2.33. The maximum absolute atomic E-state index is 11.3. The summed E-state index contributed by atoms with van der Waals surface area (Å²) in [5, 5.41) is 5.42. The van der Waals surface area contributed by atoms with Crippen LogP contribution >= 0.6 is 27.5 Å². The molecular weight excluding hydrogens is 368 g/mol. The molecule has 0 fully saturated rings. The van der Waals surface area contributed by atoms with E-state index in [-0.39, 0.29) is 16.3 Å². The maximum atomic E-state index is 11.3. The Labute approximate surface area is 129 Å². The zero-order valence-corrected chi connectivity index (χ0v) is 13.2. The van der Waals surface area contributed by atoms with Crippen LogP contribution in [0.2, 0.25) is 5.02 Å². The molecule has 0 aliphatic carbocycles. The summed E-state index contributed by atoms with van der Waals surface area (Å²) in [6.45, 7) is 0. The molecule has 0 saturated heterocycles. The lowest BCUT2D eigenvalue weighted by Crippen LogP contribution is -2.12. The number of nitrogens with two attached hydrogens (primary N) is 2. The van der Waals surface area contributed by atoms with Crippen molar-refractivity contribution >= 4 is 43.2 Å². The Morgan fingerprint density at radius 3 is 2.40 bits per heavy atom. The van der Waals surface area contributed by atoms with Crippen molar-refractivity contribution in [3.05, 3.63) is 45.9 Å². The van der Waals surface area contributed by atoms with E-state index in [0.717, 1.165) is 4.47 Å². The first kappa shape index (κ1) is 15.1. The fraction of sp³-hybridized carbons (Fsp3) is 0. The van der Waals surface area contributed by atoms with E-state index in [2.05, 4.69) is 15.9 Å². The van der Waals surface area contributed by atoms with Crippen LogP contribution in [0.15, 0.2) is 45.8 Å². The number of anilines is 1. The Hall–Kier alpha value is -1.28. The van der Waals surface area contributed by atoms with Crippen LogP contribution in [-0.2, 0) is 10.0 Å². The van der Waals surface area contributed by atoms with E-state index in [1.807, 2.05) is 0 Å². The van der Waals surface area contributed by atoms with Crippen LogP contribution < -0.4 is 15.6 Å². The molecule has 0 radical (unpaired) electrons. The van der Waals surface area contributed by atoms with Gasteiger partial charge in [-0.1, -0.05) is 27.5 Å². The van der Waals surface area contributed by atoms with E-state index < -0.39 is 10.0 Å². The third-order valence-corrected chi connectivity index (χ3v) is 4.13. The molecule has 2 aromatic carbocycles. The van der Waals surface area contributed by atoms with Gasteiger partial charge in [0.25, 0.3) is 0 Å². The Balaban J connectivity index is 2.43. The minimum atomic E-state index is -3.83. The molecule has 0 aromatic heterocycles. The van der Waals surface area contributed by atoms with Gasteiger partial charge in [-0.15, -0.1) is 0 Å². The fourth-order valence-corrected chi connectivity index (χ4v) is 2.70. The van der Waals surface area contributed by atoms with E-state index in [9.17, 15) is 8.42 Å². The van der Waals surface area contributed by atoms with Crippen molar-refractivity contribution in [1.29, 1.82) is 0 Å². The topological polar surface area (TPSA) is 95.4 Å². The van der Waals surface area contributed by atoms with E-state index >= 15 is 0 Å². The van der Waals surface area contributed by atoms with E-state index in [1.165, 1.54) is 18.2 Å². The predicted octanol–water partition coefficient (Wildman–Crippen LogP) is 3.12. The summed E-state index contributed by atoms with van der Waals surface area (Å²) < 4.78 is 28.9. The molecule has 106 valence electrons. The van der Waals surface area contributed by atoms with Crippen LogP contribution in [0.1, 0.15) is 0 Å². The van der Waals surface area contributed by atoms with Gasteiger partial charge in [0.15, 0.2) is 5.75 Å². The summed E-state index contributed by atoms with van der Waals surface area (Å²) in [4.78, 5) is -0.0880. The molecule has 0 aliphatic rings. The monoisotopic (exact) mass is 376 g/mol. The molecule has 2 aromatic rings. The van der Waals surface area contributed by atoms with Crippen LogP contribution in [0.4, 0.5) is 5.69 Å². The third kappa shape index (κ3) is 3.43. The van der Waals surface area contributed by atoms with Crippen molar-refractivity contribution < 1.29 is 13.2 Å². The van der Waals surface area contributed by atoms with Crippen LogP contribution in [-0.4, -0.2) is 8.42 Å². The van der Waals surface area contributed by atoms with Crippen LogP contribution in [0.5, 0.6) is 11.5 Å². The van der Waals surface area contributed by atoms with Crippen LogP contribution in [0.3, 0.4) is 0 Å². The number of nitrogen functional groups attached to an aromatic ring is 1. The average molecular weight is 378 g/mol. The molecule has 0 aliphatic heterocycles. The largest absolute Gasteiger partial charge is 0.454 e. The molecule has 20 heavy (non-hydrogen) atoms. The van der Waals surface area contributed by atoms with Gasteiger partial charge in [0, 0.05) is 10.5 Å². The first-order chi connectivity index (χ1) is 9.27. The SMILES string of the molecule is Nc1ccc(S(N)(=O)=O)cc1Oc1ccc(Br)cc1Cl. The van der Waals surface area contributed by atoms with Gasteiger partial charge < -0.3 is 10.5 Å². The zero-order chi connectivity index (χ0) is 14.9. The standard InChI is InChI=1S/C12H10BrClN2O3S/c13-7-1-4-11(9(14)5-7)19-12-6-8(20(16,17)18)2-3-10(12)15/h1-6H,15H2,(H2,16,17,18). The molecule has 0 heterocycles. The van der Waals surface area contributed by atoms with Gasteiger partial charge in [-0.2, -0.15) is 0 Å². The number of halogens is 2. The second kappa shape index (κ2) is 5.61. The van der Waals surface area contributed by atoms with Crippen molar-refractivity contribution in [2.45, 2.75) is 4.90 Å². The number of hydrogen-bond acceptors (Lipinski definition) is 4. The summed E-state index contributed by atoms with van der Waals surface area (Å²) >= 11 is 9.30. The molecule has 0 unspecified atom stereocenters. The van der Waals surface area contributed by atoms with Crippen molar-refractivity contribution in [3.8, 4) is 11.5 Å². The summed E-state index contributed by atoms with van der Waals surface area (Å²) in [6.07, 6.45) is 0. The number of benzene rings is 2. The molecule has 0 spiro atoms. The lowest BCUT2D eigenvalue weighted by molar-refractivity contribution is 0.483. The smallest absolute Gasteiger partial charge is 0.238 e. The number of hydrogen-bond donors (Lipinski definition) is 2. The quantitative estimate of drug-likeness (QED) is 0.803. The van der Waals surface area contributed by atoms with Crippen molar-refractivity contribution in [1.82, 2.24) is 0 Å². The predicted molar refractivity (Wildman–Crippen MR) is 81.5 cm³/mol. The molecule has 2 rings (SSSR count). The van der Waals surface area contributed by atoms with Gasteiger partial charge >= 0.3 is 0 Å². The minimum absolute atomic E-state index is 0.0880. The Morgan fingerprint density at radius 2 is 1.80 bits per heavy atom. The Bertz CT molecular complexity index is 765. The van der Waals surface area contributed by atoms with Gasteiger partial charge in [0.05, 0.1) is 15.6 Å². The molecule has 4 N–H and O–H groups in total. The Kier molecular flexibility index (Phi) is 4.24. The molecule has 0 atom stereocenters. The van der Waals surface area contributed by atoms with E-state index in [4.69, 9.17) is 27.2 Å². The normalized spacial score (nSPS) is 11.3. The van der Waals surface area contributed by atoms with Gasteiger partial charge in [0.1, 0.15) is 5.75 Å². The maximum Gasteiger partial charge on any atom is 0.238 e. The summed E-state index contributed by atoms with van der Waals surface area (Å²) in [6, 6.07) is 8.98. The number of sulfonamides is 1. The van der Waals surface area contributed by atoms with Crippen molar-refractivity contribution in [2.24, 2.45) is 5.14 Å². The number of primary sulfonamides is 1. The summed E-state index contributed by atoms with van der Waals surface area (Å²) in [5.74, 6) is 0.522. The first-order valence-corrected chi connectivity index (χ1v) is 8.04. The first-order valence-electron chi connectivity index (χ1n) is 5.32. The summed E-state index contributed by atoms with van der Waals surface area (Å²) in [7, 11) is -3.83. The molecule has 0 saturated carbocycles. The molecule has 0 bridgehead atoms.